The SMILES string of the molecule is Cc1cc(C)c(NC(=O)Cc2ccc(F)cc2)c(C2=COC=C(C3=CC=CCC3)O2)c1. The Bertz CT molecular complexity index is 1120. The van der Waals surface area contributed by atoms with Crippen molar-refractivity contribution in [1.82, 2.24) is 0 Å². The number of carbonyl (C=O) groups excluding carboxylic acids is 1. The third-order valence-electron chi connectivity index (χ3n) is 5.19. The second-order valence-electron chi connectivity index (χ2n) is 7.72. The highest BCUT2D eigenvalue weighted by Gasteiger charge is 2.21. The number of halogens is 1. The van der Waals surface area contributed by atoms with Crippen molar-refractivity contribution in [3.63, 3.8) is 0 Å². The Morgan fingerprint density at radius 3 is 2.61 bits per heavy atom. The van der Waals surface area contributed by atoms with Crippen molar-refractivity contribution in [2.45, 2.75) is 33.1 Å². The van der Waals surface area contributed by atoms with Gasteiger partial charge in [-0.1, -0.05) is 36.4 Å². The molecule has 31 heavy (non-hydrogen) atoms. The highest BCUT2D eigenvalue weighted by molar-refractivity contribution is 5.96. The van der Waals surface area contributed by atoms with E-state index in [9.17, 15) is 9.18 Å². The molecule has 2 aliphatic rings. The first kappa shape index (κ1) is 20.7. The summed E-state index contributed by atoms with van der Waals surface area (Å²) in [6, 6.07) is 9.91. The van der Waals surface area contributed by atoms with Crippen LogP contribution in [0.4, 0.5) is 10.1 Å². The molecule has 1 N–H and O–H groups in total. The average Bonchev–Trinajstić information content (AvgIpc) is 2.78. The van der Waals surface area contributed by atoms with Crippen LogP contribution in [-0.4, -0.2) is 5.91 Å². The van der Waals surface area contributed by atoms with E-state index in [2.05, 4.69) is 11.4 Å². The fourth-order valence-corrected chi connectivity index (χ4v) is 3.69. The van der Waals surface area contributed by atoms with E-state index < -0.39 is 0 Å². The topological polar surface area (TPSA) is 47.6 Å². The average molecular weight is 417 g/mol. The van der Waals surface area contributed by atoms with Crippen LogP contribution in [0.5, 0.6) is 0 Å². The van der Waals surface area contributed by atoms with Gasteiger partial charge in [-0.25, -0.2) is 4.39 Å². The maximum Gasteiger partial charge on any atom is 0.228 e. The molecule has 2 aromatic carbocycles. The van der Waals surface area contributed by atoms with Crippen molar-refractivity contribution in [3.05, 3.63) is 107 Å². The Morgan fingerprint density at radius 2 is 1.87 bits per heavy atom. The standard InChI is InChI=1S/C26H24FNO3/c1-17-12-18(2)26(28-25(29)14-19-8-10-21(27)11-9-19)22(13-17)24-16-30-15-23(31-24)20-6-4-3-5-7-20/h3-4,6,8-13,15-16H,5,7,14H2,1-2H3,(H,28,29). The fourth-order valence-electron chi connectivity index (χ4n) is 3.69. The van der Waals surface area contributed by atoms with E-state index in [1.807, 2.05) is 38.1 Å². The number of aryl methyl sites for hydroxylation is 2. The predicted molar refractivity (Wildman–Crippen MR) is 119 cm³/mol. The summed E-state index contributed by atoms with van der Waals surface area (Å²) in [6.45, 7) is 3.94. The minimum absolute atomic E-state index is 0.147. The van der Waals surface area contributed by atoms with Gasteiger partial charge in [0.25, 0.3) is 0 Å². The third-order valence-corrected chi connectivity index (χ3v) is 5.19. The Hall–Kier alpha value is -3.60. The van der Waals surface area contributed by atoms with E-state index in [4.69, 9.17) is 9.47 Å². The minimum Gasteiger partial charge on any atom is -0.465 e. The highest BCUT2D eigenvalue weighted by atomic mass is 19.1. The lowest BCUT2D eigenvalue weighted by Crippen LogP contribution is -2.17. The number of hydrogen-bond acceptors (Lipinski definition) is 3. The summed E-state index contributed by atoms with van der Waals surface area (Å²) >= 11 is 0. The van der Waals surface area contributed by atoms with E-state index in [0.717, 1.165) is 40.7 Å². The molecule has 2 aromatic rings. The number of amides is 1. The highest BCUT2D eigenvalue weighted by Crippen LogP contribution is 2.35. The van der Waals surface area contributed by atoms with E-state index in [-0.39, 0.29) is 18.1 Å². The number of anilines is 1. The van der Waals surface area contributed by atoms with E-state index in [1.54, 1.807) is 24.7 Å². The molecule has 0 bridgehead atoms. The second-order valence-corrected chi connectivity index (χ2v) is 7.72. The molecule has 4 rings (SSSR count). The smallest absolute Gasteiger partial charge is 0.228 e. The summed E-state index contributed by atoms with van der Waals surface area (Å²) < 4.78 is 24.9. The maximum absolute atomic E-state index is 13.1. The quantitative estimate of drug-likeness (QED) is 0.641. The molecule has 4 nitrogen and oxygen atoms in total. The number of nitrogens with one attached hydrogen (secondary N) is 1. The lowest BCUT2D eigenvalue weighted by atomic mass is 10.0. The van der Waals surface area contributed by atoms with Crippen LogP contribution >= 0.6 is 0 Å². The molecule has 5 heteroatoms. The Morgan fingerprint density at radius 1 is 1.10 bits per heavy atom. The third kappa shape index (κ3) is 4.94. The molecule has 1 aliphatic heterocycles. The summed E-state index contributed by atoms with van der Waals surface area (Å²) in [5.74, 6) is 0.698. The number of carbonyl (C=O) groups is 1. The van der Waals surface area contributed by atoms with Gasteiger partial charge in [0, 0.05) is 5.56 Å². The first-order valence-corrected chi connectivity index (χ1v) is 10.3. The zero-order valence-electron chi connectivity index (χ0n) is 17.6. The molecular formula is C26H24FNO3. The molecule has 1 heterocycles. The molecule has 0 aromatic heterocycles. The maximum atomic E-state index is 13.1. The van der Waals surface area contributed by atoms with Gasteiger partial charge < -0.3 is 14.8 Å². The Balaban J connectivity index is 1.57. The van der Waals surface area contributed by atoms with E-state index >= 15 is 0 Å². The number of benzene rings is 2. The largest absolute Gasteiger partial charge is 0.465 e. The molecular weight excluding hydrogens is 393 g/mol. The monoisotopic (exact) mass is 417 g/mol. The number of allylic oxidation sites excluding steroid dienone is 4. The van der Waals surface area contributed by atoms with Crippen LogP contribution in [0, 0.1) is 19.7 Å². The van der Waals surface area contributed by atoms with Crippen LogP contribution in [0.1, 0.15) is 35.1 Å². The molecule has 1 aliphatic carbocycles. The van der Waals surface area contributed by atoms with Crippen LogP contribution in [0.25, 0.3) is 5.76 Å². The molecule has 0 spiro atoms. The lowest BCUT2D eigenvalue weighted by molar-refractivity contribution is -0.115. The van der Waals surface area contributed by atoms with E-state index in [1.165, 1.54) is 12.1 Å². The zero-order chi connectivity index (χ0) is 21.8. The molecule has 0 saturated heterocycles. The number of hydrogen-bond donors (Lipinski definition) is 1. The molecule has 0 radical (unpaired) electrons. The zero-order valence-corrected chi connectivity index (χ0v) is 17.6. The minimum atomic E-state index is -0.324. The van der Waals surface area contributed by atoms with E-state index in [0.29, 0.717) is 17.2 Å². The molecule has 0 atom stereocenters. The van der Waals surface area contributed by atoms with Gasteiger partial charge >= 0.3 is 0 Å². The summed E-state index contributed by atoms with van der Waals surface area (Å²) in [7, 11) is 0. The van der Waals surface area contributed by atoms with Gasteiger partial charge in [-0.15, -0.1) is 0 Å². The van der Waals surface area contributed by atoms with Crippen LogP contribution in [0.3, 0.4) is 0 Å². The van der Waals surface area contributed by atoms with Gasteiger partial charge in [0.1, 0.15) is 18.3 Å². The summed E-state index contributed by atoms with van der Waals surface area (Å²) in [5.41, 5.74) is 5.20. The molecule has 0 saturated carbocycles. The van der Waals surface area contributed by atoms with Crippen LogP contribution in [-0.2, 0) is 20.7 Å². The van der Waals surface area contributed by atoms with Gasteiger partial charge in [-0.3, -0.25) is 4.79 Å². The van der Waals surface area contributed by atoms with Crippen molar-refractivity contribution in [3.8, 4) is 0 Å². The van der Waals surface area contributed by atoms with Crippen molar-refractivity contribution >= 4 is 17.4 Å². The fraction of sp³-hybridized carbons (Fsp3) is 0.192. The van der Waals surface area contributed by atoms with Crippen molar-refractivity contribution in [2.75, 3.05) is 5.32 Å². The van der Waals surface area contributed by atoms with Crippen LogP contribution < -0.4 is 5.32 Å². The first-order valence-electron chi connectivity index (χ1n) is 10.3. The number of ether oxygens (including phenoxy) is 2. The van der Waals surface area contributed by atoms with Gasteiger partial charge in [-0.2, -0.15) is 0 Å². The predicted octanol–water partition coefficient (Wildman–Crippen LogP) is 6.09. The van der Waals surface area contributed by atoms with Gasteiger partial charge in [0.2, 0.25) is 5.91 Å². The van der Waals surface area contributed by atoms with Crippen molar-refractivity contribution in [2.24, 2.45) is 0 Å². The summed E-state index contributed by atoms with van der Waals surface area (Å²) in [5, 5.41) is 3.01. The van der Waals surface area contributed by atoms with Crippen molar-refractivity contribution < 1.29 is 18.7 Å². The molecule has 0 unspecified atom stereocenters. The summed E-state index contributed by atoms with van der Waals surface area (Å²) in [6.07, 6.45) is 11.3. The van der Waals surface area contributed by atoms with Gasteiger partial charge in [0.05, 0.1) is 12.1 Å². The first-order chi connectivity index (χ1) is 15.0. The number of rotatable bonds is 5. The normalized spacial score (nSPS) is 15.3. The molecule has 158 valence electrons. The van der Waals surface area contributed by atoms with Gasteiger partial charge in [0.15, 0.2) is 11.5 Å². The molecule has 1 amide bonds. The van der Waals surface area contributed by atoms with Gasteiger partial charge in [-0.05, 0) is 67.2 Å². The Kier molecular flexibility index (Phi) is 6.03. The Labute approximate surface area is 181 Å². The summed E-state index contributed by atoms with van der Waals surface area (Å²) in [4.78, 5) is 12.7. The second kappa shape index (κ2) is 9.04. The van der Waals surface area contributed by atoms with Crippen LogP contribution in [0.2, 0.25) is 0 Å². The molecule has 0 fully saturated rings. The van der Waals surface area contributed by atoms with Crippen LogP contribution in [0.15, 0.2) is 78.5 Å². The lowest BCUT2D eigenvalue weighted by Gasteiger charge is -2.22. The van der Waals surface area contributed by atoms with Crippen molar-refractivity contribution in [1.29, 1.82) is 0 Å².